The first-order valence-corrected chi connectivity index (χ1v) is 9.24. The highest BCUT2D eigenvalue weighted by molar-refractivity contribution is 9.10. The molecule has 108 valence electrons. The lowest BCUT2D eigenvalue weighted by Gasteiger charge is -2.07. The van der Waals surface area contributed by atoms with Gasteiger partial charge in [0.2, 0.25) is 0 Å². The number of thiazole rings is 1. The van der Waals surface area contributed by atoms with Gasteiger partial charge in [0.15, 0.2) is 5.13 Å². The van der Waals surface area contributed by atoms with E-state index in [4.69, 9.17) is 11.6 Å². The number of benzene rings is 1. The van der Waals surface area contributed by atoms with Crippen molar-refractivity contribution in [3.8, 4) is 0 Å². The van der Waals surface area contributed by atoms with Crippen LogP contribution >= 0.6 is 38.9 Å². The molecule has 20 heavy (non-hydrogen) atoms. The van der Waals surface area contributed by atoms with Crippen molar-refractivity contribution in [2.24, 2.45) is 0 Å². The lowest BCUT2D eigenvalue weighted by Crippen LogP contribution is -2.13. The van der Waals surface area contributed by atoms with Gasteiger partial charge in [-0.3, -0.25) is 4.72 Å². The van der Waals surface area contributed by atoms with Gasteiger partial charge in [-0.2, -0.15) is 0 Å². The second kappa shape index (κ2) is 6.01. The standard InChI is InChI=1S/C12H12BrClN2O2S2/c1-3-10-7(2)19-12(15-10)16-20(17,18)11-5-4-8(13)6-9(11)14/h4-6H,3H2,1-2H3,(H,15,16). The van der Waals surface area contributed by atoms with Crippen LogP contribution in [0.15, 0.2) is 27.6 Å². The molecule has 0 aliphatic carbocycles. The number of anilines is 1. The minimum Gasteiger partial charge on any atom is -0.255 e. The topological polar surface area (TPSA) is 59.1 Å². The van der Waals surface area contributed by atoms with Gasteiger partial charge >= 0.3 is 0 Å². The minimum atomic E-state index is -3.73. The number of hydrogen-bond acceptors (Lipinski definition) is 4. The summed E-state index contributed by atoms with van der Waals surface area (Å²) >= 11 is 10.5. The van der Waals surface area contributed by atoms with E-state index in [2.05, 4.69) is 25.6 Å². The molecular weight excluding hydrogens is 384 g/mol. The van der Waals surface area contributed by atoms with E-state index in [1.807, 2.05) is 13.8 Å². The maximum atomic E-state index is 12.3. The van der Waals surface area contributed by atoms with E-state index in [0.29, 0.717) is 5.13 Å². The van der Waals surface area contributed by atoms with Crippen LogP contribution in [-0.4, -0.2) is 13.4 Å². The number of nitrogens with zero attached hydrogens (tertiary/aromatic N) is 1. The summed E-state index contributed by atoms with van der Waals surface area (Å²) in [7, 11) is -3.73. The number of rotatable bonds is 4. The molecule has 4 nitrogen and oxygen atoms in total. The molecule has 0 radical (unpaired) electrons. The second-order valence-electron chi connectivity index (χ2n) is 4.06. The summed E-state index contributed by atoms with van der Waals surface area (Å²) in [6.07, 6.45) is 0.767. The molecule has 2 rings (SSSR count). The van der Waals surface area contributed by atoms with E-state index in [9.17, 15) is 8.42 Å². The Labute approximate surface area is 135 Å². The number of aryl methyl sites for hydroxylation is 2. The summed E-state index contributed by atoms with van der Waals surface area (Å²) in [5.41, 5.74) is 0.898. The molecule has 0 aliphatic rings. The molecule has 0 atom stereocenters. The molecule has 0 spiro atoms. The Morgan fingerprint density at radius 2 is 2.15 bits per heavy atom. The van der Waals surface area contributed by atoms with Crippen LogP contribution in [0.3, 0.4) is 0 Å². The number of aromatic nitrogens is 1. The fraction of sp³-hybridized carbons (Fsp3) is 0.250. The zero-order valence-corrected chi connectivity index (χ0v) is 14.8. The predicted octanol–water partition coefficient (Wildman–Crippen LogP) is 4.23. The molecule has 0 saturated heterocycles. The van der Waals surface area contributed by atoms with E-state index >= 15 is 0 Å². The Hall–Kier alpha value is -0.630. The summed E-state index contributed by atoms with van der Waals surface area (Å²) in [6, 6.07) is 4.63. The van der Waals surface area contributed by atoms with Gasteiger partial charge in [-0.25, -0.2) is 13.4 Å². The van der Waals surface area contributed by atoms with E-state index in [1.165, 1.54) is 17.4 Å². The third kappa shape index (κ3) is 3.33. The molecule has 1 N–H and O–H groups in total. The Morgan fingerprint density at radius 3 is 2.70 bits per heavy atom. The average molecular weight is 396 g/mol. The minimum absolute atomic E-state index is 0.0354. The summed E-state index contributed by atoms with van der Waals surface area (Å²) in [5, 5.41) is 0.522. The van der Waals surface area contributed by atoms with Crippen LogP contribution in [0.5, 0.6) is 0 Å². The normalized spacial score (nSPS) is 11.6. The van der Waals surface area contributed by atoms with Gasteiger partial charge in [0, 0.05) is 9.35 Å². The number of sulfonamides is 1. The molecule has 8 heteroatoms. The van der Waals surface area contributed by atoms with Crippen molar-refractivity contribution >= 4 is 54.0 Å². The van der Waals surface area contributed by atoms with E-state index in [1.54, 1.807) is 12.1 Å². The second-order valence-corrected chi connectivity index (χ2v) is 8.23. The fourth-order valence-corrected chi connectivity index (χ4v) is 4.84. The van der Waals surface area contributed by atoms with Crippen molar-refractivity contribution in [3.63, 3.8) is 0 Å². The van der Waals surface area contributed by atoms with Crippen LogP contribution in [-0.2, 0) is 16.4 Å². The third-order valence-electron chi connectivity index (χ3n) is 2.63. The average Bonchev–Trinajstić information content (AvgIpc) is 2.67. The van der Waals surface area contributed by atoms with Gasteiger partial charge in [-0.05, 0) is 31.5 Å². The molecule has 2 aromatic rings. The van der Waals surface area contributed by atoms with Gasteiger partial charge in [0.25, 0.3) is 10.0 Å². The van der Waals surface area contributed by atoms with Gasteiger partial charge in [0.1, 0.15) is 4.90 Å². The first-order chi connectivity index (χ1) is 9.33. The summed E-state index contributed by atoms with van der Waals surface area (Å²) < 4.78 is 27.8. The van der Waals surface area contributed by atoms with E-state index in [-0.39, 0.29) is 9.92 Å². The Morgan fingerprint density at radius 1 is 1.45 bits per heavy atom. The number of halogens is 2. The monoisotopic (exact) mass is 394 g/mol. The van der Waals surface area contributed by atoms with Gasteiger partial charge in [0.05, 0.1) is 10.7 Å². The smallest absolute Gasteiger partial charge is 0.255 e. The summed E-state index contributed by atoms with van der Waals surface area (Å²) in [6.45, 7) is 3.90. The lowest BCUT2D eigenvalue weighted by molar-refractivity contribution is 0.601. The third-order valence-corrected chi connectivity index (χ3v) is 6.01. The fourth-order valence-electron chi connectivity index (χ4n) is 1.66. The number of nitrogens with one attached hydrogen (secondary N) is 1. The quantitative estimate of drug-likeness (QED) is 0.842. The van der Waals surface area contributed by atoms with Crippen LogP contribution in [0.25, 0.3) is 0 Å². The van der Waals surface area contributed by atoms with Crippen LogP contribution < -0.4 is 4.72 Å². The Bertz CT molecular complexity index is 744. The van der Waals surface area contributed by atoms with Gasteiger partial charge in [-0.15, -0.1) is 11.3 Å². The van der Waals surface area contributed by atoms with Crippen molar-refractivity contribution in [2.75, 3.05) is 4.72 Å². The number of hydrogen-bond donors (Lipinski definition) is 1. The molecule has 0 unspecified atom stereocenters. The lowest BCUT2D eigenvalue weighted by atomic mass is 10.3. The first kappa shape index (κ1) is 15.8. The van der Waals surface area contributed by atoms with Crippen LogP contribution in [0.4, 0.5) is 5.13 Å². The van der Waals surface area contributed by atoms with Crippen molar-refractivity contribution in [1.82, 2.24) is 4.98 Å². The zero-order chi connectivity index (χ0) is 14.9. The largest absolute Gasteiger partial charge is 0.265 e. The molecule has 1 heterocycles. The van der Waals surface area contributed by atoms with Crippen molar-refractivity contribution in [2.45, 2.75) is 25.2 Å². The highest BCUT2D eigenvalue weighted by atomic mass is 79.9. The molecular formula is C12H12BrClN2O2S2. The molecule has 0 fully saturated rings. The van der Waals surface area contributed by atoms with Crippen LogP contribution in [0.2, 0.25) is 5.02 Å². The highest BCUT2D eigenvalue weighted by Crippen LogP contribution is 2.29. The van der Waals surface area contributed by atoms with Crippen molar-refractivity contribution in [3.05, 3.63) is 38.3 Å². The summed E-state index contributed by atoms with van der Waals surface area (Å²) in [5.74, 6) is 0. The molecule has 0 saturated carbocycles. The van der Waals surface area contributed by atoms with Crippen molar-refractivity contribution < 1.29 is 8.42 Å². The first-order valence-electron chi connectivity index (χ1n) is 5.77. The summed E-state index contributed by atoms with van der Waals surface area (Å²) in [4.78, 5) is 5.30. The molecule has 1 aromatic heterocycles. The van der Waals surface area contributed by atoms with Crippen molar-refractivity contribution in [1.29, 1.82) is 0 Å². The van der Waals surface area contributed by atoms with Gasteiger partial charge in [-0.1, -0.05) is 34.5 Å². The SMILES string of the molecule is CCc1nc(NS(=O)(=O)c2ccc(Br)cc2Cl)sc1C. The van der Waals surface area contributed by atoms with E-state index in [0.717, 1.165) is 21.5 Å². The zero-order valence-electron chi connectivity index (χ0n) is 10.8. The Kier molecular flexibility index (Phi) is 4.73. The molecule has 0 bridgehead atoms. The van der Waals surface area contributed by atoms with Crippen LogP contribution in [0.1, 0.15) is 17.5 Å². The predicted molar refractivity (Wildman–Crippen MR) is 86.2 cm³/mol. The molecule has 1 aromatic carbocycles. The van der Waals surface area contributed by atoms with Crippen LogP contribution in [0, 0.1) is 6.92 Å². The van der Waals surface area contributed by atoms with Gasteiger partial charge < -0.3 is 0 Å². The van der Waals surface area contributed by atoms with E-state index < -0.39 is 10.0 Å². The highest BCUT2D eigenvalue weighted by Gasteiger charge is 2.20. The maximum Gasteiger partial charge on any atom is 0.265 e. The Balaban J connectivity index is 2.35. The maximum absolute atomic E-state index is 12.3. The molecule has 0 amide bonds. The molecule has 0 aliphatic heterocycles.